The standard InChI is InChI=1S/C14H21ClN2S/c1-14(11-2-3-11)10-17(9-7-16-14)8-6-12-4-5-13(15)18-12/h4-5,11,16H,2-3,6-10H2,1H3. The van der Waals surface area contributed by atoms with Crippen molar-refractivity contribution in [3.05, 3.63) is 21.3 Å². The third kappa shape index (κ3) is 2.90. The maximum Gasteiger partial charge on any atom is 0.0931 e. The van der Waals surface area contributed by atoms with Gasteiger partial charge in [-0.05, 0) is 44.2 Å². The number of piperazine rings is 1. The molecule has 2 heterocycles. The molecule has 0 amide bonds. The van der Waals surface area contributed by atoms with Gasteiger partial charge in [-0.25, -0.2) is 0 Å². The van der Waals surface area contributed by atoms with Gasteiger partial charge in [-0.2, -0.15) is 0 Å². The summed E-state index contributed by atoms with van der Waals surface area (Å²) in [5.74, 6) is 0.913. The molecule has 3 rings (SSSR count). The predicted octanol–water partition coefficient (Wildman–Crippen LogP) is 3.02. The first-order chi connectivity index (χ1) is 8.66. The van der Waals surface area contributed by atoms with Crippen LogP contribution in [0, 0.1) is 5.92 Å². The lowest BCUT2D eigenvalue weighted by atomic mass is 9.93. The summed E-state index contributed by atoms with van der Waals surface area (Å²) < 4.78 is 0.910. The molecule has 2 nitrogen and oxygen atoms in total. The Labute approximate surface area is 118 Å². The van der Waals surface area contributed by atoms with Gasteiger partial charge in [0, 0.05) is 36.6 Å². The molecule has 1 aromatic heterocycles. The molecule has 1 atom stereocenters. The molecular formula is C14H21ClN2S. The van der Waals surface area contributed by atoms with Crippen LogP contribution in [0.4, 0.5) is 0 Å². The lowest BCUT2D eigenvalue weighted by Crippen LogP contribution is -2.60. The van der Waals surface area contributed by atoms with Crippen molar-refractivity contribution in [2.24, 2.45) is 5.92 Å². The molecule has 1 aliphatic carbocycles. The molecule has 1 saturated carbocycles. The van der Waals surface area contributed by atoms with Crippen LogP contribution in [0.25, 0.3) is 0 Å². The van der Waals surface area contributed by atoms with E-state index in [-0.39, 0.29) is 0 Å². The summed E-state index contributed by atoms with van der Waals surface area (Å²) in [5, 5.41) is 3.73. The van der Waals surface area contributed by atoms with E-state index in [0.29, 0.717) is 5.54 Å². The first-order valence-electron chi connectivity index (χ1n) is 6.87. The predicted molar refractivity (Wildman–Crippen MR) is 78.6 cm³/mol. The zero-order valence-corrected chi connectivity index (χ0v) is 12.5. The topological polar surface area (TPSA) is 15.3 Å². The maximum absolute atomic E-state index is 5.97. The molecule has 0 bridgehead atoms. The van der Waals surface area contributed by atoms with Gasteiger partial charge in [0.15, 0.2) is 0 Å². The van der Waals surface area contributed by atoms with E-state index >= 15 is 0 Å². The summed E-state index contributed by atoms with van der Waals surface area (Å²) in [5.41, 5.74) is 0.366. The second-order valence-electron chi connectivity index (χ2n) is 5.85. The third-order valence-electron chi connectivity index (χ3n) is 4.29. The smallest absolute Gasteiger partial charge is 0.0931 e. The first kappa shape index (κ1) is 12.9. The van der Waals surface area contributed by atoms with Crippen LogP contribution < -0.4 is 5.32 Å². The second kappa shape index (κ2) is 5.12. The van der Waals surface area contributed by atoms with E-state index in [4.69, 9.17) is 11.6 Å². The van der Waals surface area contributed by atoms with E-state index in [1.807, 2.05) is 6.07 Å². The van der Waals surface area contributed by atoms with Crippen LogP contribution in [0.15, 0.2) is 12.1 Å². The fourth-order valence-corrected chi connectivity index (χ4v) is 4.11. The van der Waals surface area contributed by atoms with E-state index in [1.54, 1.807) is 11.3 Å². The number of thiophene rings is 1. The van der Waals surface area contributed by atoms with E-state index in [2.05, 4.69) is 23.2 Å². The van der Waals surface area contributed by atoms with E-state index in [9.17, 15) is 0 Å². The molecule has 1 aliphatic heterocycles. The van der Waals surface area contributed by atoms with E-state index < -0.39 is 0 Å². The van der Waals surface area contributed by atoms with Crippen LogP contribution in [0.5, 0.6) is 0 Å². The van der Waals surface area contributed by atoms with Crippen LogP contribution in [0.3, 0.4) is 0 Å². The highest BCUT2D eigenvalue weighted by atomic mass is 35.5. The van der Waals surface area contributed by atoms with Crippen molar-refractivity contribution in [1.82, 2.24) is 10.2 Å². The SMILES string of the molecule is CC1(C2CC2)CN(CCc2ccc(Cl)s2)CCN1. The van der Waals surface area contributed by atoms with Crippen molar-refractivity contribution in [3.63, 3.8) is 0 Å². The molecule has 0 aromatic carbocycles. The monoisotopic (exact) mass is 284 g/mol. The fourth-order valence-electron chi connectivity index (χ4n) is 3.04. The zero-order chi connectivity index (χ0) is 12.6. The van der Waals surface area contributed by atoms with Gasteiger partial charge in [-0.15, -0.1) is 11.3 Å². The molecule has 2 aliphatic rings. The Balaban J connectivity index is 1.53. The Morgan fingerprint density at radius 1 is 1.50 bits per heavy atom. The van der Waals surface area contributed by atoms with Crippen molar-refractivity contribution in [2.45, 2.75) is 31.7 Å². The number of halogens is 1. The van der Waals surface area contributed by atoms with Gasteiger partial charge in [0.25, 0.3) is 0 Å². The summed E-state index contributed by atoms with van der Waals surface area (Å²) in [6, 6.07) is 4.17. The second-order valence-corrected chi connectivity index (χ2v) is 7.65. The molecule has 1 aromatic rings. The van der Waals surface area contributed by atoms with Gasteiger partial charge in [-0.1, -0.05) is 11.6 Å². The maximum atomic E-state index is 5.97. The van der Waals surface area contributed by atoms with Gasteiger partial charge < -0.3 is 5.32 Å². The molecule has 1 unspecified atom stereocenters. The highest BCUT2D eigenvalue weighted by Gasteiger charge is 2.43. The molecule has 2 fully saturated rings. The summed E-state index contributed by atoms with van der Waals surface area (Å²) in [7, 11) is 0. The van der Waals surface area contributed by atoms with Crippen molar-refractivity contribution in [1.29, 1.82) is 0 Å². The fraction of sp³-hybridized carbons (Fsp3) is 0.714. The van der Waals surface area contributed by atoms with Crippen molar-refractivity contribution in [3.8, 4) is 0 Å². The van der Waals surface area contributed by atoms with Gasteiger partial charge in [0.2, 0.25) is 0 Å². The highest BCUT2D eigenvalue weighted by Crippen LogP contribution is 2.40. The molecule has 0 radical (unpaired) electrons. The lowest BCUT2D eigenvalue weighted by molar-refractivity contribution is 0.128. The highest BCUT2D eigenvalue weighted by molar-refractivity contribution is 7.16. The molecule has 1 N–H and O–H groups in total. The minimum absolute atomic E-state index is 0.366. The number of nitrogens with zero attached hydrogens (tertiary/aromatic N) is 1. The summed E-state index contributed by atoms with van der Waals surface area (Å²) in [6.45, 7) is 7.09. The molecular weight excluding hydrogens is 264 g/mol. The van der Waals surface area contributed by atoms with Gasteiger partial charge >= 0.3 is 0 Å². The average molecular weight is 285 g/mol. The van der Waals surface area contributed by atoms with Crippen LogP contribution in [0.1, 0.15) is 24.6 Å². The summed E-state index contributed by atoms with van der Waals surface area (Å²) in [4.78, 5) is 4.02. The van der Waals surface area contributed by atoms with E-state index in [1.165, 1.54) is 37.4 Å². The quantitative estimate of drug-likeness (QED) is 0.914. The van der Waals surface area contributed by atoms with E-state index in [0.717, 1.165) is 23.2 Å². The molecule has 4 heteroatoms. The van der Waals surface area contributed by atoms with Crippen molar-refractivity contribution >= 4 is 22.9 Å². The first-order valence-corrected chi connectivity index (χ1v) is 8.07. The third-order valence-corrected chi connectivity index (χ3v) is 5.58. The number of nitrogens with one attached hydrogen (secondary N) is 1. The molecule has 18 heavy (non-hydrogen) atoms. The van der Waals surface area contributed by atoms with Crippen LogP contribution >= 0.6 is 22.9 Å². The minimum atomic E-state index is 0.366. The molecule has 100 valence electrons. The molecule has 0 spiro atoms. The Hall–Kier alpha value is -0.0900. The Morgan fingerprint density at radius 2 is 2.33 bits per heavy atom. The Kier molecular flexibility index (Phi) is 3.68. The summed E-state index contributed by atoms with van der Waals surface area (Å²) >= 11 is 7.69. The van der Waals surface area contributed by atoms with Gasteiger partial charge in [0.1, 0.15) is 0 Å². The average Bonchev–Trinajstić information content (AvgIpc) is 3.12. The number of hydrogen-bond acceptors (Lipinski definition) is 3. The normalized spacial score (nSPS) is 29.7. The largest absolute Gasteiger partial charge is 0.309 e. The van der Waals surface area contributed by atoms with Crippen LogP contribution in [0.2, 0.25) is 4.34 Å². The lowest BCUT2D eigenvalue weighted by Gasteiger charge is -2.42. The molecule has 1 saturated heterocycles. The van der Waals surface area contributed by atoms with Crippen molar-refractivity contribution in [2.75, 3.05) is 26.2 Å². The zero-order valence-electron chi connectivity index (χ0n) is 10.9. The van der Waals surface area contributed by atoms with Crippen LogP contribution in [-0.2, 0) is 6.42 Å². The van der Waals surface area contributed by atoms with Crippen molar-refractivity contribution < 1.29 is 0 Å². The minimum Gasteiger partial charge on any atom is -0.309 e. The van der Waals surface area contributed by atoms with Gasteiger partial charge in [-0.3, -0.25) is 4.90 Å². The Morgan fingerprint density at radius 3 is 3.00 bits per heavy atom. The summed E-state index contributed by atoms with van der Waals surface area (Å²) in [6.07, 6.45) is 3.97. The Bertz CT molecular complexity index is 416. The van der Waals surface area contributed by atoms with Gasteiger partial charge in [0.05, 0.1) is 4.34 Å². The number of rotatable bonds is 4. The van der Waals surface area contributed by atoms with Crippen LogP contribution in [-0.4, -0.2) is 36.6 Å². The number of hydrogen-bond donors (Lipinski definition) is 1.